The van der Waals surface area contributed by atoms with Gasteiger partial charge in [0.2, 0.25) is 11.8 Å². The molecule has 2 amide bonds. The fourth-order valence-electron chi connectivity index (χ4n) is 3.57. The highest BCUT2D eigenvalue weighted by molar-refractivity contribution is 6.00. The van der Waals surface area contributed by atoms with E-state index >= 15 is 0 Å². The maximum atomic E-state index is 13.0. The maximum Gasteiger partial charge on any atom is 0.249 e. The van der Waals surface area contributed by atoms with Gasteiger partial charge in [0, 0.05) is 20.3 Å². The van der Waals surface area contributed by atoms with Crippen LogP contribution in [0.15, 0.2) is 0 Å². The summed E-state index contributed by atoms with van der Waals surface area (Å²) in [7, 11) is 1.66. The zero-order chi connectivity index (χ0) is 15.5. The molecule has 1 heterocycles. The Hall–Kier alpha value is -1.10. The molecule has 2 fully saturated rings. The van der Waals surface area contributed by atoms with Gasteiger partial charge in [-0.25, -0.2) is 0 Å². The Labute approximate surface area is 127 Å². The van der Waals surface area contributed by atoms with E-state index in [1.165, 1.54) is 0 Å². The maximum absolute atomic E-state index is 13.0. The molecular weight excluding hydrogens is 268 g/mol. The molecule has 1 aliphatic heterocycles. The Morgan fingerprint density at radius 2 is 2.00 bits per heavy atom. The SMILES string of the molecule is COCCCN1C(=O)C2(CCCC2)NC(=O)C1CC(C)C. The highest BCUT2D eigenvalue weighted by Gasteiger charge is 2.51. The van der Waals surface area contributed by atoms with Gasteiger partial charge in [-0.3, -0.25) is 9.59 Å². The molecule has 120 valence electrons. The number of carbonyl (C=O) groups is 2. The van der Waals surface area contributed by atoms with Crippen LogP contribution in [-0.4, -0.2) is 48.6 Å². The predicted octanol–water partition coefficient (Wildman–Crippen LogP) is 1.71. The second-order valence-electron chi connectivity index (χ2n) is 6.77. The number of amides is 2. The number of hydrogen-bond acceptors (Lipinski definition) is 3. The van der Waals surface area contributed by atoms with Crippen molar-refractivity contribution in [2.75, 3.05) is 20.3 Å². The number of methoxy groups -OCH3 is 1. The minimum absolute atomic E-state index is 0.0302. The van der Waals surface area contributed by atoms with Crippen LogP contribution in [-0.2, 0) is 14.3 Å². The Balaban J connectivity index is 2.16. The first-order valence-corrected chi connectivity index (χ1v) is 8.12. The average molecular weight is 296 g/mol. The monoisotopic (exact) mass is 296 g/mol. The molecule has 0 bridgehead atoms. The third-order valence-electron chi connectivity index (χ3n) is 4.61. The molecule has 1 saturated heterocycles. The van der Waals surface area contributed by atoms with Crippen LogP contribution in [0.25, 0.3) is 0 Å². The molecule has 2 rings (SSSR count). The van der Waals surface area contributed by atoms with Crippen LogP contribution in [0.4, 0.5) is 0 Å². The van der Waals surface area contributed by atoms with Gasteiger partial charge >= 0.3 is 0 Å². The van der Waals surface area contributed by atoms with E-state index in [2.05, 4.69) is 19.2 Å². The lowest BCUT2D eigenvalue weighted by atomic mass is 9.88. The second kappa shape index (κ2) is 6.77. The lowest BCUT2D eigenvalue weighted by Crippen LogP contribution is -2.69. The van der Waals surface area contributed by atoms with E-state index in [0.717, 1.165) is 38.5 Å². The molecule has 21 heavy (non-hydrogen) atoms. The van der Waals surface area contributed by atoms with Crippen LogP contribution >= 0.6 is 0 Å². The van der Waals surface area contributed by atoms with Crippen LogP contribution in [0.2, 0.25) is 0 Å². The largest absolute Gasteiger partial charge is 0.385 e. The topological polar surface area (TPSA) is 58.6 Å². The molecule has 1 aliphatic carbocycles. The Kier molecular flexibility index (Phi) is 5.25. The third-order valence-corrected chi connectivity index (χ3v) is 4.61. The molecule has 1 unspecified atom stereocenters. The van der Waals surface area contributed by atoms with E-state index in [1.807, 2.05) is 4.90 Å². The summed E-state index contributed by atoms with van der Waals surface area (Å²) in [5, 5.41) is 3.06. The van der Waals surface area contributed by atoms with E-state index in [9.17, 15) is 9.59 Å². The summed E-state index contributed by atoms with van der Waals surface area (Å²) in [5.74, 6) is 0.542. The Bertz CT molecular complexity index is 389. The van der Waals surface area contributed by atoms with Crippen LogP contribution in [0.1, 0.15) is 52.4 Å². The smallest absolute Gasteiger partial charge is 0.249 e. The highest BCUT2D eigenvalue weighted by Crippen LogP contribution is 2.35. The lowest BCUT2D eigenvalue weighted by molar-refractivity contribution is -0.155. The first-order chi connectivity index (χ1) is 10.00. The first kappa shape index (κ1) is 16.3. The van der Waals surface area contributed by atoms with Gasteiger partial charge in [-0.1, -0.05) is 26.7 Å². The standard InChI is InChI=1S/C16H28N2O3/c1-12(2)11-13-14(19)17-16(7-4-5-8-16)15(20)18(13)9-6-10-21-3/h12-13H,4-11H2,1-3H3,(H,17,19). The quantitative estimate of drug-likeness (QED) is 0.759. The third kappa shape index (κ3) is 3.39. The minimum atomic E-state index is -0.613. The van der Waals surface area contributed by atoms with Gasteiger partial charge in [-0.05, 0) is 31.6 Å². The summed E-state index contributed by atoms with van der Waals surface area (Å²) in [6, 6.07) is -0.319. The summed E-state index contributed by atoms with van der Waals surface area (Å²) in [5.41, 5.74) is -0.613. The molecule has 5 heteroatoms. The number of carbonyl (C=O) groups excluding carboxylic acids is 2. The number of ether oxygens (including phenoxy) is 1. The Morgan fingerprint density at radius 1 is 1.33 bits per heavy atom. The van der Waals surface area contributed by atoms with Gasteiger partial charge in [0.05, 0.1) is 0 Å². The van der Waals surface area contributed by atoms with Crippen LogP contribution in [0.5, 0.6) is 0 Å². The van der Waals surface area contributed by atoms with Crippen molar-refractivity contribution in [2.45, 2.75) is 64.0 Å². The van der Waals surface area contributed by atoms with E-state index in [0.29, 0.717) is 19.1 Å². The van der Waals surface area contributed by atoms with E-state index < -0.39 is 5.54 Å². The zero-order valence-electron chi connectivity index (χ0n) is 13.5. The molecule has 0 aromatic rings. The molecule has 2 aliphatic rings. The molecule has 1 saturated carbocycles. The van der Waals surface area contributed by atoms with Gasteiger partial charge in [-0.2, -0.15) is 0 Å². The Morgan fingerprint density at radius 3 is 2.57 bits per heavy atom. The minimum Gasteiger partial charge on any atom is -0.385 e. The predicted molar refractivity (Wildman–Crippen MR) is 80.8 cm³/mol. The molecular formula is C16H28N2O3. The summed E-state index contributed by atoms with van der Waals surface area (Å²) in [6.07, 6.45) is 5.11. The van der Waals surface area contributed by atoms with Crippen molar-refractivity contribution in [3.8, 4) is 0 Å². The van der Waals surface area contributed by atoms with Crippen LogP contribution in [0.3, 0.4) is 0 Å². The van der Waals surface area contributed by atoms with Gasteiger partial charge in [-0.15, -0.1) is 0 Å². The average Bonchev–Trinajstić information content (AvgIpc) is 2.88. The van der Waals surface area contributed by atoms with Gasteiger partial charge in [0.25, 0.3) is 0 Å². The summed E-state index contributed by atoms with van der Waals surface area (Å²) in [4.78, 5) is 27.3. The van der Waals surface area contributed by atoms with Crippen molar-refractivity contribution in [3.63, 3.8) is 0 Å². The fourth-order valence-corrected chi connectivity index (χ4v) is 3.57. The van der Waals surface area contributed by atoms with Crippen LogP contribution in [0, 0.1) is 5.92 Å². The molecule has 1 atom stereocenters. The second-order valence-corrected chi connectivity index (χ2v) is 6.77. The van der Waals surface area contributed by atoms with Crippen molar-refractivity contribution in [2.24, 2.45) is 5.92 Å². The number of nitrogens with one attached hydrogen (secondary N) is 1. The van der Waals surface area contributed by atoms with Gasteiger partial charge in [0.15, 0.2) is 0 Å². The van der Waals surface area contributed by atoms with Crippen molar-refractivity contribution in [3.05, 3.63) is 0 Å². The van der Waals surface area contributed by atoms with Gasteiger partial charge < -0.3 is 15.0 Å². The van der Waals surface area contributed by atoms with Crippen LogP contribution < -0.4 is 5.32 Å². The summed E-state index contributed by atoms with van der Waals surface area (Å²) >= 11 is 0. The lowest BCUT2D eigenvalue weighted by Gasteiger charge is -2.45. The molecule has 0 radical (unpaired) electrons. The van der Waals surface area contributed by atoms with Crippen molar-refractivity contribution in [1.82, 2.24) is 10.2 Å². The number of rotatable bonds is 6. The fraction of sp³-hybridized carbons (Fsp3) is 0.875. The molecule has 0 aromatic carbocycles. The van der Waals surface area contributed by atoms with E-state index in [-0.39, 0.29) is 17.9 Å². The molecule has 5 nitrogen and oxygen atoms in total. The normalized spacial score (nSPS) is 25.0. The van der Waals surface area contributed by atoms with Crippen molar-refractivity contribution < 1.29 is 14.3 Å². The first-order valence-electron chi connectivity index (χ1n) is 8.12. The molecule has 0 aromatic heterocycles. The summed E-state index contributed by atoms with van der Waals surface area (Å²) in [6.45, 7) is 5.40. The van der Waals surface area contributed by atoms with Crippen molar-refractivity contribution >= 4 is 11.8 Å². The van der Waals surface area contributed by atoms with Gasteiger partial charge in [0.1, 0.15) is 11.6 Å². The number of nitrogens with zero attached hydrogens (tertiary/aromatic N) is 1. The molecule has 1 spiro atoms. The van der Waals surface area contributed by atoms with E-state index in [4.69, 9.17) is 4.74 Å². The van der Waals surface area contributed by atoms with E-state index in [1.54, 1.807) is 7.11 Å². The van der Waals surface area contributed by atoms with Crippen molar-refractivity contribution in [1.29, 1.82) is 0 Å². The summed E-state index contributed by atoms with van der Waals surface area (Å²) < 4.78 is 5.09. The number of hydrogen-bond donors (Lipinski definition) is 1. The number of piperazine rings is 1. The molecule has 1 N–H and O–H groups in total. The zero-order valence-corrected chi connectivity index (χ0v) is 13.5. The highest BCUT2D eigenvalue weighted by atomic mass is 16.5.